The van der Waals surface area contributed by atoms with Crippen molar-refractivity contribution in [3.63, 3.8) is 0 Å². The van der Waals surface area contributed by atoms with Gasteiger partial charge in [0, 0.05) is 32.0 Å². The molecule has 0 bridgehead atoms. The number of thiophene rings is 1. The Hall–Kier alpha value is -3.90. The van der Waals surface area contributed by atoms with Crippen molar-refractivity contribution in [1.82, 2.24) is 19.3 Å². The molecule has 1 saturated heterocycles. The smallest absolute Gasteiger partial charge is 0.265 e. The largest absolute Gasteiger partial charge is 0.379 e. The number of fused-ring (bicyclic) bond motifs is 1. The summed E-state index contributed by atoms with van der Waals surface area (Å²) >= 11 is 2.90. The van der Waals surface area contributed by atoms with E-state index in [1.165, 1.54) is 28.2 Å². The third kappa shape index (κ3) is 5.22. The lowest BCUT2D eigenvalue weighted by molar-refractivity contribution is 0.0342. The quantitative estimate of drug-likeness (QED) is 0.245. The van der Waals surface area contributed by atoms with Crippen molar-refractivity contribution in [3.8, 4) is 10.6 Å². The predicted octanol–water partition coefficient (Wildman–Crippen LogP) is 5.68. The number of benzene rings is 1. The summed E-state index contributed by atoms with van der Waals surface area (Å²) < 4.78 is 7.54. The van der Waals surface area contributed by atoms with Crippen LogP contribution in [0.5, 0.6) is 0 Å². The molecule has 1 fully saturated rings. The lowest BCUT2D eigenvalue weighted by atomic mass is 10.2. The number of carbonyl (C=O) groups is 1. The molecule has 11 heteroatoms. The molecule has 2 N–H and O–H groups in total. The van der Waals surface area contributed by atoms with Crippen molar-refractivity contribution < 1.29 is 9.53 Å². The van der Waals surface area contributed by atoms with E-state index in [0.29, 0.717) is 16.3 Å². The maximum absolute atomic E-state index is 12.7. The average molecular weight is 544 g/mol. The molecule has 0 unspecified atom stereocenters. The molecule has 1 aliphatic heterocycles. The van der Waals surface area contributed by atoms with Crippen molar-refractivity contribution in [2.24, 2.45) is 4.99 Å². The van der Waals surface area contributed by atoms with E-state index in [4.69, 9.17) is 4.74 Å². The topological polar surface area (TPSA) is 96.1 Å². The molecular formula is C27H25N7O2S2. The van der Waals surface area contributed by atoms with Gasteiger partial charge >= 0.3 is 0 Å². The molecule has 0 saturated carbocycles. The molecule has 0 atom stereocenters. The van der Waals surface area contributed by atoms with Gasteiger partial charge < -0.3 is 15.4 Å². The van der Waals surface area contributed by atoms with E-state index < -0.39 is 0 Å². The van der Waals surface area contributed by atoms with Gasteiger partial charge in [-0.25, -0.2) is 9.97 Å². The summed E-state index contributed by atoms with van der Waals surface area (Å²) in [4.78, 5) is 29.9. The number of rotatable bonds is 8. The fraction of sp³-hybridized carbons (Fsp3) is 0.185. The maximum Gasteiger partial charge on any atom is 0.265 e. The van der Waals surface area contributed by atoms with E-state index >= 15 is 0 Å². The van der Waals surface area contributed by atoms with Crippen LogP contribution in [-0.4, -0.2) is 58.2 Å². The van der Waals surface area contributed by atoms with Gasteiger partial charge in [-0.05, 0) is 48.7 Å². The summed E-state index contributed by atoms with van der Waals surface area (Å²) in [5, 5.41) is 7.80. The Kier molecular flexibility index (Phi) is 6.97. The van der Waals surface area contributed by atoms with Crippen molar-refractivity contribution in [2.45, 2.75) is 6.54 Å². The maximum atomic E-state index is 12.7. The van der Waals surface area contributed by atoms with Gasteiger partial charge in [-0.3, -0.25) is 19.1 Å². The van der Waals surface area contributed by atoms with E-state index in [2.05, 4.69) is 59.9 Å². The van der Waals surface area contributed by atoms with Gasteiger partial charge in [0.05, 0.1) is 51.2 Å². The summed E-state index contributed by atoms with van der Waals surface area (Å²) in [5.74, 6) is -0.197. The molecule has 38 heavy (non-hydrogen) atoms. The molecule has 0 aliphatic carbocycles. The third-order valence-electron chi connectivity index (χ3n) is 6.23. The van der Waals surface area contributed by atoms with Crippen LogP contribution < -0.4 is 10.6 Å². The lowest BCUT2D eigenvalue weighted by Gasteiger charge is -2.26. The zero-order chi connectivity index (χ0) is 25.9. The number of nitrogens with one attached hydrogen (secondary N) is 2. The predicted molar refractivity (Wildman–Crippen MR) is 154 cm³/mol. The number of amides is 1. The number of hydrogen-bond acceptors (Lipinski definition) is 9. The second kappa shape index (κ2) is 10.8. The number of anilines is 3. The summed E-state index contributed by atoms with van der Waals surface area (Å²) in [7, 11) is 0. The fourth-order valence-corrected chi connectivity index (χ4v) is 6.01. The number of carbonyl (C=O) groups excluding carboxylic acids is 1. The van der Waals surface area contributed by atoms with Gasteiger partial charge in [0.2, 0.25) is 0 Å². The Bertz CT molecular complexity index is 1600. The summed E-state index contributed by atoms with van der Waals surface area (Å²) in [6, 6.07) is 15.3. The first kappa shape index (κ1) is 24.4. The number of morpholine rings is 1. The zero-order valence-corrected chi connectivity index (χ0v) is 22.1. The number of aliphatic imine (C=N–C) groups is 1. The molecule has 9 nitrogen and oxygen atoms in total. The number of ether oxygens (including phenoxy) is 1. The molecule has 5 heterocycles. The van der Waals surface area contributed by atoms with Crippen molar-refractivity contribution in [1.29, 1.82) is 0 Å². The van der Waals surface area contributed by atoms with Crippen LogP contribution in [0.1, 0.15) is 15.2 Å². The zero-order valence-electron chi connectivity index (χ0n) is 20.5. The fourth-order valence-electron chi connectivity index (χ4n) is 4.30. The van der Waals surface area contributed by atoms with Crippen molar-refractivity contribution in [2.75, 3.05) is 36.9 Å². The van der Waals surface area contributed by atoms with E-state index in [0.717, 1.165) is 59.2 Å². The summed E-state index contributed by atoms with van der Waals surface area (Å²) in [6.45, 7) is 7.95. The number of para-hydroxylation sites is 2. The van der Waals surface area contributed by atoms with Gasteiger partial charge in [0.25, 0.3) is 5.91 Å². The van der Waals surface area contributed by atoms with Gasteiger partial charge in [0.15, 0.2) is 5.13 Å². The Morgan fingerprint density at radius 2 is 1.95 bits per heavy atom. The minimum Gasteiger partial charge on any atom is -0.379 e. The average Bonchev–Trinajstić information content (AvgIpc) is 3.70. The molecule has 4 aromatic heterocycles. The third-order valence-corrected chi connectivity index (χ3v) is 8.16. The van der Waals surface area contributed by atoms with Crippen LogP contribution in [0.15, 0.2) is 72.1 Å². The molecule has 6 rings (SSSR count). The molecule has 0 spiro atoms. The van der Waals surface area contributed by atoms with Crippen LogP contribution in [0.25, 0.3) is 16.2 Å². The van der Waals surface area contributed by atoms with Gasteiger partial charge in [-0.15, -0.1) is 11.3 Å². The standard InChI is InChI=1S/C27H25N7O2S2/c1-28-19-4-2-3-5-20(19)31-26(35)22-6-7-25(37-22)32-27-30-16-23(38-27)21-15-29-24-14-18(8-9-34(21)24)17-33-10-12-36-13-11-33/h2-9,14-16H,1,10-13,17H2,(H,30,32)(H,31,35). The first-order valence-corrected chi connectivity index (χ1v) is 13.8. The molecule has 1 amide bonds. The molecule has 192 valence electrons. The van der Waals surface area contributed by atoms with Gasteiger partial charge in [0.1, 0.15) is 5.65 Å². The Labute approximate surface area is 227 Å². The summed E-state index contributed by atoms with van der Waals surface area (Å²) in [6.07, 6.45) is 5.80. The molecule has 1 aliphatic rings. The van der Waals surface area contributed by atoms with Crippen molar-refractivity contribution >= 4 is 62.5 Å². The van der Waals surface area contributed by atoms with Crippen LogP contribution in [0, 0.1) is 0 Å². The Morgan fingerprint density at radius 1 is 1.08 bits per heavy atom. The van der Waals surface area contributed by atoms with E-state index in [9.17, 15) is 4.79 Å². The van der Waals surface area contributed by atoms with Crippen LogP contribution in [0.4, 0.5) is 21.5 Å². The SMILES string of the molecule is C=Nc1ccccc1NC(=O)c1ccc(Nc2ncc(-c3cnc4cc(CN5CCOCC5)ccn34)s2)s1. The number of thiazole rings is 1. The van der Waals surface area contributed by atoms with E-state index in [1.54, 1.807) is 18.2 Å². The van der Waals surface area contributed by atoms with Gasteiger partial charge in [-0.1, -0.05) is 23.5 Å². The van der Waals surface area contributed by atoms with Gasteiger partial charge in [-0.2, -0.15) is 0 Å². The molecular weight excluding hydrogens is 518 g/mol. The van der Waals surface area contributed by atoms with Crippen LogP contribution in [-0.2, 0) is 11.3 Å². The summed E-state index contributed by atoms with van der Waals surface area (Å²) in [5.41, 5.74) is 4.40. The highest BCUT2D eigenvalue weighted by Crippen LogP contribution is 2.34. The monoisotopic (exact) mass is 543 g/mol. The van der Waals surface area contributed by atoms with E-state index in [1.807, 2.05) is 30.6 Å². The highest BCUT2D eigenvalue weighted by molar-refractivity contribution is 7.20. The highest BCUT2D eigenvalue weighted by Gasteiger charge is 2.15. The second-order valence-corrected chi connectivity index (χ2v) is 10.9. The number of pyridine rings is 1. The normalized spacial score (nSPS) is 14.0. The highest BCUT2D eigenvalue weighted by atomic mass is 32.1. The number of hydrogen-bond donors (Lipinski definition) is 2. The van der Waals surface area contributed by atoms with E-state index in [-0.39, 0.29) is 5.91 Å². The van der Waals surface area contributed by atoms with Crippen LogP contribution in [0.2, 0.25) is 0 Å². The minimum absolute atomic E-state index is 0.197. The number of nitrogens with zero attached hydrogens (tertiary/aromatic N) is 5. The molecule has 1 aromatic carbocycles. The first-order valence-electron chi connectivity index (χ1n) is 12.1. The minimum atomic E-state index is -0.197. The number of aromatic nitrogens is 3. The van der Waals surface area contributed by atoms with Crippen LogP contribution in [0.3, 0.4) is 0 Å². The lowest BCUT2D eigenvalue weighted by Crippen LogP contribution is -2.35. The molecule has 0 radical (unpaired) electrons. The number of imidazole rings is 1. The Balaban J connectivity index is 1.13. The van der Waals surface area contributed by atoms with Crippen LogP contribution >= 0.6 is 22.7 Å². The second-order valence-electron chi connectivity index (χ2n) is 8.74. The van der Waals surface area contributed by atoms with Crippen molar-refractivity contribution in [3.05, 3.63) is 77.6 Å². The first-order chi connectivity index (χ1) is 18.7. The molecule has 5 aromatic rings. The Morgan fingerprint density at radius 3 is 2.82 bits per heavy atom.